The first kappa shape index (κ1) is 15.7. The molecule has 4 rings (SSSR count). The Hall–Kier alpha value is -2.80. The summed E-state index contributed by atoms with van der Waals surface area (Å²) in [4.78, 5) is 23.0. The summed E-state index contributed by atoms with van der Waals surface area (Å²) in [5, 5.41) is 15.6. The Balaban J connectivity index is 1.56. The molecule has 25 heavy (non-hydrogen) atoms. The first-order valence-electron chi connectivity index (χ1n) is 8.29. The molecule has 0 radical (unpaired) electrons. The Bertz CT molecular complexity index is 939. The van der Waals surface area contributed by atoms with Gasteiger partial charge in [-0.3, -0.25) is 4.79 Å². The van der Waals surface area contributed by atoms with Crippen molar-refractivity contribution < 1.29 is 14.4 Å². The van der Waals surface area contributed by atoms with Gasteiger partial charge in [0.15, 0.2) is 11.4 Å². The number of carbonyl (C=O) groups is 1. The number of β-amino-alcohol motifs (C(OH)–C–C–N with tert-alkyl or cyclic N) is 1. The van der Waals surface area contributed by atoms with Crippen molar-refractivity contribution in [3.8, 4) is 0 Å². The number of nitrogens with zero attached hydrogens (tertiary/aromatic N) is 4. The molecule has 1 atom stereocenters. The minimum absolute atomic E-state index is 0.117. The Morgan fingerprint density at radius 2 is 2.12 bits per heavy atom. The normalized spacial score (nSPS) is 20.3. The van der Waals surface area contributed by atoms with Gasteiger partial charge in [-0.1, -0.05) is 36.3 Å². The van der Waals surface area contributed by atoms with Crippen LogP contribution in [0, 0.1) is 0 Å². The minimum atomic E-state index is -1.30. The third kappa shape index (κ3) is 2.76. The molecule has 1 fully saturated rings. The number of pyridine rings is 1. The highest BCUT2D eigenvalue weighted by atomic mass is 16.5. The lowest BCUT2D eigenvalue weighted by Gasteiger charge is -2.19. The SMILES string of the molecule is CCc1noc(C2(O)CCN(C(=O)c3ccc4ccccc4n3)C2)n1. The smallest absolute Gasteiger partial charge is 0.272 e. The van der Waals surface area contributed by atoms with Gasteiger partial charge < -0.3 is 14.5 Å². The molecule has 1 aliphatic heterocycles. The van der Waals surface area contributed by atoms with Crippen molar-refractivity contribution in [1.82, 2.24) is 20.0 Å². The van der Waals surface area contributed by atoms with Crippen LogP contribution in [0.2, 0.25) is 0 Å². The Kier molecular flexibility index (Phi) is 3.73. The van der Waals surface area contributed by atoms with Gasteiger partial charge in [-0.25, -0.2) is 4.98 Å². The monoisotopic (exact) mass is 338 g/mol. The third-order valence-electron chi connectivity index (χ3n) is 4.53. The van der Waals surface area contributed by atoms with Crippen LogP contribution in [0.5, 0.6) is 0 Å². The van der Waals surface area contributed by atoms with Gasteiger partial charge in [0.05, 0.1) is 12.1 Å². The highest BCUT2D eigenvalue weighted by Gasteiger charge is 2.44. The van der Waals surface area contributed by atoms with Gasteiger partial charge in [-0.05, 0) is 12.1 Å². The predicted molar refractivity (Wildman–Crippen MR) is 89.8 cm³/mol. The second-order valence-corrected chi connectivity index (χ2v) is 6.27. The molecular weight excluding hydrogens is 320 g/mol. The number of carbonyl (C=O) groups excluding carboxylic acids is 1. The lowest BCUT2D eigenvalue weighted by Crippen LogP contribution is -2.35. The zero-order chi connectivity index (χ0) is 17.4. The van der Waals surface area contributed by atoms with Crippen molar-refractivity contribution in [3.63, 3.8) is 0 Å². The second-order valence-electron chi connectivity index (χ2n) is 6.27. The Morgan fingerprint density at radius 1 is 1.28 bits per heavy atom. The lowest BCUT2D eigenvalue weighted by atomic mass is 10.0. The number of hydrogen-bond donors (Lipinski definition) is 1. The van der Waals surface area contributed by atoms with Crippen LogP contribution in [-0.4, -0.2) is 44.1 Å². The summed E-state index contributed by atoms with van der Waals surface area (Å²) >= 11 is 0. The number of aliphatic hydroxyl groups is 1. The summed E-state index contributed by atoms with van der Waals surface area (Å²) in [6, 6.07) is 11.2. The average Bonchev–Trinajstić information content (AvgIpc) is 3.28. The molecule has 0 aliphatic carbocycles. The number of aryl methyl sites for hydroxylation is 1. The van der Waals surface area contributed by atoms with Crippen LogP contribution in [-0.2, 0) is 12.0 Å². The highest BCUT2D eigenvalue weighted by molar-refractivity contribution is 5.95. The zero-order valence-electron chi connectivity index (χ0n) is 13.8. The molecule has 1 unspecified atom stereocenters. The molecular formula is C18H18N4O3. The number of likely N-dealkylation sites (tertiary alicyclic amines) is 1. The van der Waals surface area contributed by atoms with E-state index in [1.165, 1.54) is 0 Å². The Morgan fingerprint density at radius 3 is 2.92 bits per heavy atom. The maximum atomic E-state index is 12.8. The molecule has 3 aromatic rings. The minimum Gasteiger partial charge on any atom is -0.378 e. The largest absolute Gasteiger partial charge is 0.378 e. The maximum Gasteiger partial charge on any atom is 0.272 e. The molecule has 1 N–H and O–H groups in total. The van der Waals surface area contributed by atoms with Crippen molar-refractivity contribution in [2.75, 3.05) is 13.1 Å². The summed E-state index contributed by atoms with van der Waals surface area (Å²) in [5.41, 5.74) is -0.164. The number of fused-ring (bicyclic) bond motifs is 1. The van der Waals surface area contributed by atoms with Gasteiger partial charge in [0.2, 0.25) is 0 Å². The number of benzene rings is 1. The van der Waals surface area contributed by atoms with E-state index in [0.29, 0.717) is 30.9 Å². The molecule has 0 bridgehead atoms. The molecule has 2 aromatic heterocycles. The fraction of sp³-hybridized carbons (Fsp3) is 0.333. The van der Waals surface area contributed by atoms with Crippen LogP contribution in [0.15, 0.2) is 40.9 Å². The van der Waals surface area contributed by atoms with Crippen LogP contribution in [0.3, 0.4) is 0 Å². The van der Waals surface area contributed by atoms with E-state index in [4.69, 9.17) is 4.52 Å². The fourth-order valence-electron chi connectivity index (χ4n) is 3.08. The molecule has 1 saturated heterocycles. The van der Waals surface area contributed by atoms with Gasteiger partial charge in [0.25, 0.3) is 11.8 Å². The number of aromatic nitrogens is 3. The van der Waals surface area contributed by atoms with E-state index in [-0.39, 0.29) is 18.3 Å². The van der Waals surface area contributed by atoms with Crippen molar-refractivity contribution in [1.29, 1.82) is 0 Å². The molecule has 1 aliphatic rings. The second kappa shape index (κ2) is 5.93. The number of para-hydroxylation sites is 1. The summed E-state index contributed by atoms with van der Waals surface area (Å²) in [6.07, 6.45) is 0.987. The quantitative estimate of drug-likeness (QED) is 0.784. The topological polar surface area (TPSA) is 92.4 Å². The van der Waals surface area contributed by atoms with Gasteiger partial charge in [0.1, 0.15) is 5.69 Å². The Labute approximate surface area is 144 Å². The molecule has 0 spiro atoms. The van der Waals surface area contributed by atoms with E-state index in [1.54, 1.807) is 11.0 Å². The van der Waals surface area contributed by atoms with E-state index in [1.807, 2.05) is 37.3 Å². The molecule has 3 heterocycles. The van der Waals surface area contributed by atoms with E-state index >= 15 is 0 Å². The molecule has 7 heteroatoms. The average molecular weight is 338 g/mol. The van der Waals surface area contributed by atoms with Crippen molar-refractivity contribution >= 4 is 16.8 Å². The predicted octanol–water partition coefficient (Wildman–Crippen LogP) is 1.91. The zero-order valence-corrected chi connectivity index (χ0v) is 13.8. The lowest BCUT2D eigenvalue weighted by molar-refractivity contribution is 0.0135. The number of hydrogen-bond acceptors (Lipinski definition) is 6. The number of amides is 1. The fourth-order valence-corrected chi connectivity index (χ4v) is 3.08. The van der Waals surface area contributed by atoms with Gasteiger partial charge in [-0.2, -0.15) is 4.98 Å². The van der Waals surface area contributed by atoms with Crippen LogP contribution >= 0.6 is 0 Å². The van der Waals surface area contributed by atoms with Gasteiger partial charge >= 0.3 is 0 Å². The van der Waals surface area contributed by atoms with Gasteiger partial charge in [-0.15, -0.1) is 0 Å². The van der Waals surface area contributed by atoms with E-state index in [2.05, 4.69) is 15.1 Å². The van der Waals surface area contributed by atoms with E-state index in [0.717, 1.165) is 10.9 Å². The molecule has 7 nitrogen and oxygen atoms in total. The van der Waals surface area contributed by atoms with Crippen LogP contribution < -0.4 is 0 Å². The van der Waals surface area contributed by atoms with Gasteiger partial charge in [0, 0.05) is 24.8 Å². The number of rotatable bonds is 3. The van der Waals surface area contributed by atoms with Crippen LogP contribution in [0.25, 0.3) is 10.9 Å². The van der Waals surface area contributed by atoms with Crippen LogP contribution in [0.1, 0.15) is 35.5 Å². The van der Waals surface area contributed by atoms with Crippen molar-refractivity contribution in [2.45, 2.75) is 25.4 Å². The van der Waals surface area contributed by atoms with Crippen LogP contribution in [0.4, 0.5) is 0 Å². The summed E-state index contributed by atoms with van der Waals surface area (Å²) in [7, 11) is 0. The first-order chi connectivity index (χ1) is 12.1. The molecule has 128 valence electrons. The van der Waals surface area contributed by atoms with Crippen molar-refractivity contribution in [2.24, 2.45) is 0 Å². The third-order valence-corrected chi connectivity index (χ3v) is 4.53. The van der Waals surface area contributed by atoms with E-state index in [9.17, 15) is 9.90 Å². The molecule has 0 saturated carbocycles. The van der Waals surface area contributed by atoms with Crippen molar-refractivity contribution in [3.05, 3.63) is 53.8 Å². The molecule has 1 aromatic carbocycles. The maximum absolute atomic E-state index is 12.8. The standard InChI is InChI=1S/C18H18N4O3/c1-2-15-20-17(25-21-15)18(24)9-10-22(11-18)16(23)14-8-7-12-5-3-4-6-13(12)19-14/h3-8,24H,2,9-11H2,1H3. The summed E-state index contributed by atoms with van der Waals surface area (Å²) in [6.45, 7) is 2.44. The van der Waals surface area contributed by atoms with E-state index < -0.39 is 5.60 Å². The summed E-state index contributed by atoms with van der Waals surface area (Å²) in [5.74, 6) is 0.507. The highest BCUT2D eigenvalue weighted by Crippen LogP contribution is 2.31. The first-order valence-corrected chi connectivity index (χ1v) is 8.29. The summed E-state index contributed by atoms with van der Waals surface area (Å²) < 4.78 is 5.17. The molecule has 1 amide bonds.